The third-order valence-electron chi connectivity index (χ3n) is 4.91. The van der Waals surface area contributed by atoms with Gasteiger partial charge in [-0.15, -0.1) is 16.4 Å². The lowest BCUT2D eigenvalue weighted by molar-refractivity contribution is -0.115. The highest BCUT2D eigenvalue weighted by Crippen LogP contribution is 2.38. The Morgan fingerprint density at radius 3 is 2.84 bits per heavy atom. The number of nitrogens with one attached hydrogen (secondary N) is 1. The average molecular weight is 458 g/mol. The lowest BCUT2D eigenvalue weighted by Crippen LogP contribution is -2.16. The van der Waals surface area contributed by atoms with Crippen LogP contribution in [0.4, 0.5) is 5.00 Å². The van der Waals surface area contributed by atoms with Gasteiger partial charge in [0.25, 0.3) is 0 Å². The summed E-state index contributed by atoms with van der Waals surface area (Å²) in [6.45, 7) is 2.10. The Balaban J connectivity index is 1.40. The van der Waals surface area contributed by atoms with Crippen LogP contribution in [0, 0.1) is 0 Å². The number of aromatic nitrogens is 4. The number of fused-ring (bicyclic) bond motifs is 1. The number of esters is 1. The van der Waals surface area contributed by atoms with Crippen LogP contribution in [-0.2, 0) is 22.4 Å². The summed E-state index contributed by atoms with van der Waals surface area (Å²) in [6, 6.07) is 9.60. The SMILES string of the molecule is CCOC(=O)c1c(NC(=O)CCSc2nnnn2-c2ccccc2)sc2c1CCCC2. The summed E-state index contributed by atoms with van der Waals surface area (Å²) in [4.78, 5) is 26.3. The van der Waals surface area contributed by atoms with E-state index >= 15 is 0 Å². The third-order valence-corrected chi connectivity index (χ3v) is 7.03. The minimum atomic E-state index is -0.353. The zero-order chi connectivity index (χ0) is 21.6. The third kappa shape index (κ3) is 4.96. The van der Waals surface area contributed by atoms with Gasteiger partial charge in [-0.2, -0.15) is 4.68 Å². The van der Waals surface area contributed by atoms with Gasteiger partial charge in [0.1, 0.15) is 5.00 Å². The number of anilines is 1. The van der Waals surface area contributed by atoms with Gasteiger partial charge in [-0.25, -0.2) is 4.79 Å². The molecule has 4 rings (SSSR count). The van der Waals surface area contributed by atoms with Crippen LogP contribution < -0.4 is 5.32 Å². The van der Waals surface area contributed by atoms with Gasteiger partial charge in [0.15, 0.2) is 0 Å². The molecule has 8 nitrogen and oxygen atoms in total. The van der Waals surface area contributed by atoms with Crippen LogP contribution in [0.3, 0.4) is 0 Å². The van der Waals surface area contributed by atoms with Crippen LogP contribution in [0.5, 0.6) is 0 Å². The lowest BCUT2D eigenvalue weighted by Gasteiger charge is -2.12. The summed E-state index contributed by atoms with van der Waals surface area (Å²) < 4.78 is 6.89. The topological polar surface area (TPSA) is 99.0 Å². The van der Waals surface area contributed by atoms with Crippen LogP contribution in [0.1, 0.15) is 47.0 Å². The van der Waals surface area contributed by atoms with E-state index in [1.807, 2.05) is 30.3 Å². The second-order valence-electron chi connectivity index (χ2n) is 6.99. The molecule has 0 radical (unpaired) electrons. The smallest absolute Gasteiger partial charge is 0.341 e. The predicted molar refractivity (Wildman–Crippen MR) is 120 cm³/mol. The molecule has 162 valence electrons. The van der Waals surface area contributed by atoms with E-state index in [4.69, 9.17) is 4.74 Å². The minimum absolute atomic E-state index is 0.143. The van der Waals surface area contributed by atoms with E-state index in [0.29, 0.717) is 28.1 Å². The van der Waals surface area contributed by atoms with Crippen molar-refractivity contribution < 1.29 is 14.3 Å². The summed E-state index contributed by atoms with van der Waals surface area (Å²) in [6.07, 6.45) is 4.23. The van der Waals surface area contributed by atoms with E-state index in [2.05, 4.69) is 20.8 Å². The molecule has 1 N–H and O–H groups in total. The van der Waals surface area contributed by atoms with E-state index in [9.17, 15) is 9.59 Å². The fourth-order valence-electron chi connectivity index (χ4n) is 3.50. The molecule has 0 atom stereocenters. The number of carbonyl (C=O) groups is 2. The number of amides is 1. The Hall–Kier alpha value is -2.72. The summed E-state index contributed by atoms with van der Waals surface area (Å²) in [5.74, 6) is 0.0165. The molecule has 1 aromatic carbocycles. The van der Waals surface area contributed by atoms with Gasteiger partial charge < -0.3 is 10.1 Å². The lowest BCUT2D eigenvalue weighted by atomic mass is 9.95. The Morgan fingerprint density at radius 1 is 1.23 bits per heavy atom. The number of carbonyl (C=O) groups excluding carboxylic acids is 2. The first kappa shape index (κ1) is 21.5. The van der Waals surface area contributed by atoms with Crippen LogP contribution in [0.2, 0.25) is 0 Å². The molecule has 2 aromatic heterocycles. The van der Waals surface area contributed by atoms with Gasteiger partial charge in [-0.05, 0) is 60.7 Å². The normalized spacial score (nSPS) is 12.9. The molecule has 1 amide bonds. The maximum absolute atomic E-state index is 12.6. The van der Waals surface area contributed by atoms with Gasteiger partial charge >= 0.3 is 5.97 Å². The zero-order valence-corrected chi connectivity index (χ0v) is 18.8. The summed E-state index contributed by atoms with van der Waals surface area (Å²) >= 11 is 2.91. The molecule has 1 aliphatic carbocycles. The van der Waals surface area contributed by atoms with E-state index in [0.717, 1.165) is 36.9 Å². The number of hydrogen-bond acceptors (Lipinski definition) is 8. The Kier molecular flexibility index (Phi) is 6.98. The first-order valence-corrected chi connectivity index (χ1v) is 12.1. The molecule has 3 aromatic rings. The monoisotopic (exact) mass is 457 g/mol. The van der Waals surface area contributed by atoms with Crippen molar-refractivity contribution in [3.8, 4) is 5.69 Å². The molecule has 0 saturated carbocycles. The molecule has 0 fully saturated rings. The largest absolute Gasteiger partial charge is 0.462 e. The molecule has 2 heterocycles. The Bertz CT molecular complexity index is 1060. The van der Waals surface area contributed by atoms with E-state index in [-0.39, 0.29) is 18.3 Å². The van der Waals surface area contributed by atoms with Crippen molar-refractivity contribution in [1.29, 1.82) is 0 Å². The summed E-state index contributed by atoms with van der Waals surface area (Å²) in [5, 5.41) is 16.0. The molecule has 0 aliphatic heterocycles. The molecule has 0 saturated heterocycles. The standard InChI is InChI=1S/C21H23N5O3S2/c1-2-29-20(28)18-15-10-6-7-11-16(15)31-19(18)22-17(27)12-13-30-21-23-24-25-26(21)14-8-4-3-5-9-14/h3-5,8-9H,2,6-7,10-13H2,1H3,(H,22,27). The van der Waals surface area contributed by atoms with Crippen molar-refractivity contribution in [2.75, 3.05) is 17.7 Å². The predicted octanol–water partition coefficient (Wildman–Crippen LogP) is 3.90. The number of rotatable bonds is 8. The number of nitrogens with zero attached hydrogens (tertiary/aromatic N) is 4. The van der Waals surface area contributed by atoms with Gasteiger partial charge in [-0.1, -0.05) is 30.0 Å². The number of benzene rings is 1. The number of tetrazole rings is 1. The number of ether oxygens (including phenoxy) is 1. The molecule has 31 heavy (non-hydrogen) atoms. The van der Waals surface area contributed by atoms with Crippen molar-refractivity contribution in [2.24, 2.45) is 0 Å². The van der Waals surface area contributed by atoms with E-state index in [1.165, 1.54) is 28.0 Å². The molecule has 0 unspecified atom stereocenters. The van der Waals surface area contributed by atoms with Crippen molar-refractivity contribution in [3.05, 3.63) is 46.3 Å². The van der Waals surface area contributed by atoms with Gasteiger partial charge in [0.05, 0.1) is 17.9 Å². The Morgan fingerprint density at radius 2 is 2.03 bits per heavy atom. The van der Waals surface area contributed by atoms with E-state index < -0.39 is 0 Å². The first-order chi connectivity index (χ1) is 15.2. The Labute approximate surface area is 188 Å². The highest BCUT2D eigenvalue weighted by Gasteiger charge is 2.27. The van der Waals surface area contributed by atoms with Gasteiger partial charge in [-0.3, -0.25) is 4.79 Å². The van der Waals surface area contributed by atoms with Crippen LogP contribution in [-0.4, -0.2) is 44.4 Å². The molecule has 10 heteroatoms. The van der Waals surface area contributed by atoms with Crippen molar-refractivity contribution in [1.82, 2.24) is 20.2 Å². The zero-order valence-electron chi connectivity index (χ0n) is 17.2. The molecular weight excluding hydrogens is 434 g/mol. The minimum Gasteiger partial charge on any atom is -0.462 e. The fourth-order valence-corrected chi connectivity index (χ4v) is 5.62. The number of thioether (sulfide) groups is 1. The summed E-state index contributed by atoms with van der Waals surface area (Å²) in [5.41, 5.74) is 2.44. The molecule has 1 aliphatic rings. The average Bonchev–Trinajstić information content (AvgIpc) is 3.38. The number of thiophene rings is 1. The van der Waals surface area contributed by atoms with Gasteiger partial charge in [0, 0.05) is 17.1 Å². The van der Waals surface area contributed by atoms with Crippen molar-refractivity contribution in [3.63, 3.8) is 0 Å². The summed E-state index contributed by atoms with van der Waals surface area (Å²) in [7, 11) is 0. The number of hydrogen-bond donors (Lipinski definition) is 1. The molecule has 0 bridgehead atoms. The van der Waals surface area contributed by atoms with Crippen LogP contribution in [0.25, 0.3) is 5.69 Å². The molecular formula is C21H23N5O3S2. The maximum atomic E-state index is 12.6. The fraction of sp³-hybridized carbons (Fsp3) is 0.381. The number of para-hydroxylation sites is 1. The van der Waals surface area contributed by atoms with Crippen molar-refractivity contribution in [2.45, 2.75) is 44.2 Å². The highest BCUT2D eigenvalue weighted by molar-refractivity contribution is 7.99. The first-order valence-electron chi connectivity index (χ1n) is 10.3. The molecule has 0 spiro atoms. The number of aryl methyl sites for hydroxylation is 1. The maximum Gasteiger partial charge on any atom is 0.341 e. The van der Waals surface area contributed by atoms with E-state index in [1.54, 1.807) is 11.6 Å². The second-order valence-corrected chi connectivity index (χ2v) is 9.16. The highest BCUT2D eigenvalue weighted by atomic mass is 32.2. The van der Waals surface area contributed by atoms with Crippen molar-refractivity contribution >= 4 is 40.0 Å². The second kappa shape index (κ2) is 10.1. The van der Waals surface area contributed by atoms with Gasteiger partial charge in [0.2, 0.25) is 11.1 Å². The van der Waals surface area contributed by atoms with Crippen LogP contribution in [0.15, 0.2) is 35.5 Å². The quantitative estimate of drug-likeness (QED) is 0.404. The van der Waals surface area contributed by atoms with Crippen LogP contribution >= 0.6 is 23.1 Å².